The normalized spacial score (nSPS) is 12.9. The number of aromatic nitrogens is 2. The summed E-state index contributed by atoms with van der Waals surface area (Å²) in [6.07, 6.45) is 5.13. The van der Waals surface area contributed by atoms with Gasteiger partial charge in [0.05, 0.1) is 12.2 Å². The van der Waals surface area contributed by atoms with Crippen LogP contribution in [0.5, 0.6) is 0 Å². The molecule has 0 bridgehead atoms. The second-order valence-corrected chi connectivity index (χ2v) is 5.88. The average molecular weight is 335 g/mol. The topological polar surface area (TPSA) is 42.8 Å². The van der Waals surface area contributed by atoms with Crippen LogP contribution in [-0.2, 0) is 6.54 Å². The number of fused-ring (bicyclic) bond motifs is 2. The van der Waals surface area contributed by atoms with Crippen LogP contribution in [0.1, 0.15) is 11.1 Å². The van der Waals surface area contributed by atoms with Crippen LogP contribution in [0.4, 0.5) is 8.78 Å². The largest absolute Gasteiger partial charge is 0.432 e. The Morgan fingerprint density at radius 2 is 1.88 bits per heavy atom. The van der Waals surface area contributed by atoms with Crippen LogP contribution in [-0.4, -0.2) is 15.6 Å². The minimum atomic E-state index is -0.908. The summed E-state index contributed by atoms with van der Waals surface area (Å²) in [5.41, 5.74) is 4.90. The molecule has 0 radical (unpaired) electrons. The molecule has 25 heavy (non-hydrogen) atoms. The van der Waals surface area contributed by atoms with Crippen LogP contribution in [0.25, 0.3) is 28.4 Å². The van der Waals surface area contributed by atoms with Crippen molar-refractivity contribution in [1.29, 1.82) is 0 Å². The fourth-order valence-corrected chi connectivity index (χ4v) is 3.16. The van der Waals surface area contributed by atoms with Crippen LogP contribution >= 0.6 is 0 Å². The Kier molecular flexibility index (Phi) is 2.88. The summed E-state index contributed by atoms with van der Waals surface area (Å²) in [5, 5.41) is 0. The molecular formula is C19H11F2N3O. The van der Waals surface area contributed by atoms with Crippen molar-refractivity contribution in [2.45, 2.75) is 6.54 Å². The average Bonchev–Trinajstić information content (AvgIpc) is 3.31. The Morgan fingerprint density at radius 3 is 2.76 bits per heavy atom. The van der Waals surface area contributed by atoms with Crippen LogP contribution in [0.3, 0.4) is 0 Å². The smallest absolute Gasteiger partial charge is 0.306 e. The molecule has 3 heterocycles. The minimum Gasteiger partial charge on any atom is -0.432 e. The molecule has 4 nitrogen and oxygen atoms in total. The van der Waals surface area contributed by atoms with E-state index in [4.69, 9.17) is 4.42 Å². The molecule has 122 valence electrons. The fraction of sp³-hybridized carbons (Fsp3) is 0.0526. The van der Waals surface area contributed by atoms with Crippen LogP contribution in [0.2, 0.25) is 0 Å². The molecule has 5 rings (SSSR count). The highest BCUT2D eigenvalue weighted by atomic mass is 19.2. The van der Waals surface area contributed by atoms with Gasteiger partial charge in [0.15, 0.2) is 11.6 Å². The number of rotatable bonds is 2. The molecule has 6 heteroatoms. The van der Waals surface area contributed by atoms with Crippen molar-refractivity contribution < 1.29 is 13.2 Å². The standard InChI is InChI=1S/C19H11F2N3O/c20-15-4-3-11(8-16(15)21)17-18(24-5-6-25-19(24)23-17)12-1-2-13-9-22-10-14(13)7-12/h1-8,10H,9H2. The van der Waals surface area contributed by atoms with Gasteiger partial charge in [-0.05, 0) is 35.4 Å². The summed E-state index contributed by atoms with van der Waals surface area (Å²) >= 11 is 0. The molecule has 0 N–H and O–H groups in total. The molecule has 2 aromatic carbocycles. The highest BCUT2D eigenvalue weighted by Crippen LogP contribution is 2.35. The van der Waals surface area contributed by atoms with E-state index in [2.05, 4.69) is 9.98 Å². The van der Waals surface area contributed by atoms with Crippen molar-refractivity contribution >= 4 is 12.1 Å². The lowest BCUT2D eigenvalue weighted by atomic mass is 10.0. The monoisotopic (exact) mass is 335 g/mol. The van der Waals surface area contributed by atoms with Crippen molar-refractivity contribution in [3.8, 4) is 22.5 Å². The van der Waals surface area contributed by atoms with Crippen molar-refractivity contribution in [3.05, 3.63) is 71.6 Å². The van der Waals surface area contributed by atoms with Gasteiger partial charge in [-0.15, -0.1) is 0 Å². The molecule has 0 amide bonds. The molecule has 0 saturated carbocycles. The molecule has 0 unspecified atom stereocenters. The van der Waals surface area contributed by atoms with E-state index in [0.717, 1.165) is 34.5 Å². The summed E-state index contributed by atoms with van der Waals surface area (Å²) < 4.78 is 34.2. The molecule has 1 aliphatic heterocycles. The molecule has 0 atom stereocenters. The van der Waals surface area contributed by atoms with Crippen LogP contribution in [0, 0.1) is 11.6 Å². The van der Waals surface area contributed by atoms with Gasteiger partial charge < -0.3 is 4.42 Å². The van der Waals surface area contributed by atoms with E-state index in [1.54, 1.807) is 10.6 Å². The number of benzene rings is 2. The molecule has 1 aliphatic rings. The SMILES string of the molecule is Fc1ccc(-c2nc3occn3c2-c2ccc3c(c2)C=NC3)cc1F. The lowest BCUT2D eigenvalue weighted by Crippen LogP contribution is -1.92. The second-order valence-electron chi connectivity index (χ2n) is 5.88. The van der Waals surface area contributed by atoms with Gasteiger partial charge >= 0.3 is 5.84 Å². The summed E-state index contributed by atoms with van der Waals surface area (Å²) in [4.78, 5) is 8.73. The predicted molar refractivity (Wildman–Crippen MR) is 89.5 cm³/mol. The number of hydrogen-bond donors (Lipinski definition) is 0. The van der Waals surface area contributed by atoms with Crippen LogP contribution < -0.4 is 0 Å². The van der Waals surface area contributed by atoms with Gasteiger partial charge in [0.25, 0.3) is 0 Å². The number of hydrogen-bond acceptors (Lipinski definition) is 3. The van der Waals surface area contributed by atoms with Crippen molar-refractivity contribution in [2.75, 3.05) is 0 Å². The molecule has 2 aromatic heterocycles. The van der Waals surface area contributed by atoms with E-state index in [-0.39, 0.29) is 0 Å². The van der Waals surface area contributed by atoms with Gasteiger partial charge in [0, 0.05) is 23.5 Å². The first-order chi connectivity index (χ1) is 12.2. The Labute approximate surface area is 141 Å². The van der Waals surface area contributed by atoms with E-state index in [1.165, 1.54) is 12.3 Å². The third kappa shape index (κ3) is 2.11. The highest BCUT2D eigenvalue weighted by molar-refractivity contribution is 5.89. The second kappa shape index (κ2) is 5.11. The zero-order valence-electron chi connectivity index (χ0n) is 12.9. The molecule has 0 fully saturated rings. The summed E-state index contributed by atoms with van der Waals surface area (Å²) in [6, 6.07) is 9.78. The van der Waals surface area contributed by atoms with E-state index >= 15 is 0 Å². The Hall–Kier alpha value is -3.28. The maximum atomic E-state index is 13.7. The maximum absolute atomic E-state index is 13.7. The predicted octanol–water partition coefficient (Wildman–Crippen LogP) is 4.47. The van der Waals surface area contributed by atoms with Gasteiger partial charge in [-0.1, -0.05) is 12.1 Å². The third-order valence-electron chi connectivity index (χ3n) is 4.37. The van der Waals surface area contributed by atoms with Gasteiger partial charge in [0.1, 0.15) is 12.0 Å². The number of nitrogens with zero attached hydrogens (tertiary/aromatic N) is 3. The minimum absolute atomic E-state index is 0.392. The summed E-state index contributed by atoms with van der Waals surface area (Å²) in [7, 11) is 0. The summed E-state index contributed by atoms with van der Waals surface area (Å²) in [6.45, 7) is 0.680. The Balaban J connectivity index is 1.78. The number of imidazole rings is 1. The van der Waals surface area contributed by atoms with E-state index < -0.39 is 11.6 Å². The van der Waals surface area contributed by atoms with Crippen LogP contribution in [0.15, 0.2) is 58.3 Å². The zero-order chi connectivity index (χ0) is 17.0. The molecule has 0 saturated heterocycles. The molecule has 0 aliphatic carbocycles. The first kappa shape index (κ1) is 14.1. The Morgan fingerprint density at radius 1 is 1.00 bits per heavy atom. The maximum Gasteiger partial charge on any atom is 0.306 e. The van der Waals surface area contributed by atoms with Crippen molar-refractivity contribution in [3.63, 3.8) is 0 Å². The van der Waals surface area contributed by atoms with E-state index in [9.17, 15) is 8.78 Å². The quantitative estimate of drug-likeness (QED) is 0.542. The van der Waals surface area contributed by atoms with Gasteiger partial charge in [-0.3, -0.25) is 9.39 Å². The van der Waals surface area contributed by atoms with E-state index in [0.29, 0.717) is 23.6 Å². The number of aliphatic imine (C=N–C) groups is 1. The Bertz CT molecular complexity index is 1160. The first-order valence-corrected chi connectivity index (χ1v) is 7.75. The van der Waals surface area contributed by atoms with Gasteiger partial charge in [-0.2, -0.15) is 4.98 Å². The number of halogens is 2. The van der Waals surface area contributed by atoms with Crippen molar-refractivity contribution in [1.82, 2.24) is 9.38 Å². The summed E-state index contributed by atoms with van der Waals surface area (Å²) in [5.74, 6) is -1.40. The fourth-order valence-electron chi connectivity index (χ4n) is 3.16. The first-order valence-electron chi connectivity index (χ1n) is 7.75. The lowest BCUT2D eigenvalue weighted by Gasteiger charge is -2.07. The molecule has 0 spiro atoms. The molecular weight excluding hydrogens is 324 g/mol. The van der Waals surface area contributed by atoms with Crippen molar-refractivity contribution in [2.24, 2.45) is 4.99 Å². The lowest BCUT2D eigenvalue weighted by molar-refractivity contribution is 0.509. The van der Waals surface area contributed by atoms with Gasteiger partial charge in [0.2, 0.25) is 0 Å². The third-order valence-corrected chi connectivity index (χ3v) is 4.37. The van der Waals surface area contributed by atoms with Gasteiger partial charge in [-0.25, -0.2) is 8.78 Å². The zero-order valence-corrected chi connectivity index (χ0v) is 12.9. The molecule has 4 aromatic rings. The van der Waals surface area contributed by atoms with E-state index in [1.807, 2.05) is 24.4 Å². The number of oxazole rings is 1. The highest BCUT2D eigenvalue weighted by Gasteiger charge is 2.20.